The lowest BCUT2D eigenvalue weighted by molar-refractivity contribution is 0.509. The predicted octanol–water partition coefficient (Wildman–Crippen LogP) is 7.94. The van der Waals surface area contributed by atoms with Crippen LogP contribution >= 0.6 is 11.3 Å². The third kappa shape index (κ3) is 9.34. The third-order valence-corrected chi connectivity index (χ3v) is 5.52. The van der Waals surface area contributed by atoms with Gasteiger partial charge in [-0.15, -0.1) is 11.3 Å². The molecule has 21 heavy (non-hydrogen) atoms. The van der Waals surface area contributed by atoms with Gasteiger partial charge in [-0.2, -0.15) is 0 Å². The van der Waals surface area contributed by atoms with Crippen LogP contribution in [0.3, 0.4) is 0 Å². The zero-order valence-electron chi connectivity index (χ0n) is 14.4. The molecule has 0 aliphatic carbocycles. The standard InChI is InChI=1S/C20H36S/c1-3-5-6-7-8-9-10-11-12-13-16-19(15-4-2)20-17-14-18-21-20/h14,17-19H,3-13,15-16H2,1-2H3. The molecule has 1 rings (SSSR count). The Morgan fingerprint density at radius 3 is 1.90 bits per heavy atom. The summed E-state index contributed by atoms with van der Waals surface area (Å²) < 4.78 is 0. The number of hydrogen-bond donors (Lipinski definition) is 0. The molecule has 0 nitrogen and oxygen atoms in total. The Balaban J connectivity index is 1.97. The lowest BCUT2D eigenvalue weighted by Crippen LogP contribution is -1.96. The molecule has 0 aliphatic rings. The Labute approximate surface area is 137 Å². The van der Waals surface area contributed by atoms with Crippen LogP contribution in [-0.2, 0) is 0 Å². The fourth-order valence-electron chi connectivity index (χ4n) is 3.18. The van der Waals surface area contributed by atoms with E-state index in [1.807, 2.05) is 11.3 Å². The van der Waals surface area contributed by atoms with E-state index in [2.05, 4.69) is 31.4 Å². The minimum Gasteiger partial charge on any atom is -0.149 e. The van der Waals surface area contributed by atoms with Crippen molar-refractivity contribution < 1.29 is 0 Å². The summed E-state index contributed by atoms with van der Waals surface area (Å²) >= 11 is 1.95. The molecule has 122 valence electrons. The molecule has 0 aliphatic heterocycles. The lowest BCUT2D eigenvalue weighted by atomic mass is 9.94. The van der Waals surface area contributed by atoms with Crippen molar-refractivity contribution in [2.24, 2.45) is 0 Å². The average molecular weight is 309 g/mol. The molecule has 0 fully saturated rings. The molecule has 1 atom stereocenters. The maximum absolute atomic E-state index is 2.33. The molecule has 1 aromatic rings. The van der Waals surface area contributed by atoms with E-state index in [9.17, 15) is 0 Å². The van der Waals surface area contributed by atoms with E-state index in [-0.39, 0.29) is 0 Å². The van der Waals surface area contributed by atoms with Gasteiger partial charge in [0.05, 0.1) is 0 Å². The van der Waals surface area contributed by atoms with Crippen molar-refractivity contribution in [3.8, 4) is 0 Å². The molecule has 1 heteroatoms. The van der Waals surface area contributed by atoms with E-state index in [1.54, 1.807) is 4.88 Å². The molecule has 0 aromatic carbocycles. The molecular formula is C20H36S. The van der Waals surface area contributed by atoms with Gasteiger partial charge in [0.1, 0.15) is 0 Å². The summed E-state index contributed by atoms with van der Waals surface area (Å²) in [5.41, 5.74) is 0. The van der Waals surface area contributed by atoms with Gasteiger partial charge in [-0.3, -0.25) is 0 Å². The average Bonchev–Trinajstić information content (AvgIpc) is 3.02. The smallest absolute Gasteiger partial charge is 0.00761 e. The monoisotopic (exact) mass is 308 g/mol. The van der Waals surface area contributed by atoms with Gasteiger partial charge in [0.2, 0.25) is 0 Å². The van der Waals surface area contributed by atoms with Crippen LogP contribution in [0.2, 0.25) is 0 Å². The van der Waals surface area contributed by atoms with Gasteiger partial charge < -0.3 is 0 Å². The van der Waals surface area contributed by atoms with Crippen molar-refractivity contribution in [2.45, 2.75) is 103 Å². The maximum atomic E-state index is 2.33. The first kappa shape index (κ1) is 18.7. The third-order valence-electron chi connectivity index (χ3n) is 4.49. The van der Waals surface area contributed by atoms with Gasteiger partial charge in [-0.1, -0.05) is 90.5 Å². The van der Waals surface area contributed by atoms with Crippen LogP contribution in [0.15, 0.2) is 17.5 Å². The molecule has 0 radical (unpaired) electrons. The van der Waals surface area contributed by atoms with Crippen LogP contribution in [-0.4, -0.2) is 0 Å². The first-order chi connectivity index (χ1) is 10.4. The van der Waals surface area contributed by atoms with Crippen molar-refractivity contribution in [3.63, 3.8) is 0 Å². The molecule has 0 saturated heterocycles. The highest BCUT2D eigenvalue weighted by atomic mass is 32.1. The van der Waals surface area contributed by atoms with Crippen molar-refractivity contribution in [3.05, 3.63) is 22.4 Å². The van der Waals surface area contributed by atoms with E-state index < -0.39 is 0 Å². The van der Waals surface area contributed by atoms with Crippen LogP contribution in [0.1, 0.15) is 108 Å². The lowest BCUT2D eigenvalue weighted by Gasteiger charge is -2.14. The van der Waals surface area contributed by atoms with Crippen LogP contribution in [0.25, 0.3) is 0 Å². The van der Waals surface area contributed by atoms with Gasteiger partial charge in [-0.25, -0.2) is 0 Å². The second-order valence-corrected chi connectivity index (χ2v) is 7.45. The van der Waals surface area contributed by atoms with E-state index in [4.69, 9.17) is 0 Å². The topological polar surface area (TPSA) is 0 Å². The minimum atomic E-state index is 0.837. The summed E-state index contributed by atoms with van der Waals surface area (Å²) in [6.07, 6.45) is 18.5. The van der Waals surface area contributed by atoms with Crippen molar-refractivity contribution in [1.82, 2.24) is 0 Å². The number of rotatable bonds is 14. The molecule has 1 aromatic heterocycles. The molecule has 0 bridgehead atoms. The zero-order chi connectivity index (χ0) is 15.2. The first-order valence-corrected chi connectivity index (χ1v) is 10.3. The van der Waals surface area contributed by atoms with E-state index >= 15 is 0 Å². The van der Waals surface area contributed by atoms with Gasteiger partial charge >= 0.3 is 0 Å². The fraction of sp³-hybridized carbons (Fsp3) is 0.800. The Hall–Kier alpha value is -0.300. The van der Waals surface area contributed by atoms with E-state index in [1.165, 1.54) is 83.5 Å². The highest BCUT2D eigenvalue weighted by molar-refractivity contribution is 7.10. The second-order valence-electron chi connectivity index (χ2n) is 6.47. The van der Waals surface area contributed by atoms with Gasteiger partial charge in [0, 0.05) is 4.88 Å². The summed E-state index contributed by atoms with van der Waals surface area (Å²) in [6.45, 7) is 4.61. The quantitative estimate of drug-likeness (QED) is 0.306. The maximum Gasteiger partial charge on any atom is 0.00761 e. The Morgan fingerprint density at radius 1 is 0.762 bits per heavy atom. The van der Waals surface area contributed by atoms with Gasteiger partial charge in [0.25, 0.3) is 0 Å². The highest BCUT2D eigenvalue weighted by Gasteiger charge is 2.10. The van der Waals surface area contributed by atoms with E-state index in [0.29, 0.717) is 0 Å². The largest absolute Gasteiger partial charge is 0.149 e. The van der Waals surface area contributed by atoms with Crippen molar-refractivity contribution >= 4 is 11.3 Å². The molecular weight excluding hydrogens is 272 g/mol. The normalized spacial score (nSPS) is 12.7. The Kier molecular flexibility index (Phi) is 11.9. The number of thiophene rings is 1. The van der Waals surface area contributed by atoms with Gasteiger partial charge in [-0.05, 0) is 30.2 Å². The summed E-state index contributed by atoms with van der Waals surface area (Å²) in [5.74, 6) is 0.837. The summed E-state index contributed by atoms with van der Waals surface area (Å²) in [4.78, 5) is 1.62. The first-order valence-electron chi connectivity index (χ1n) is 9.41. The van der Waals surface area contributed by atoms with Crippen LogP contribution in [0, 0.1) is 0 Å². The number of unbranched alkanes of at least 4 members (excludes halogenated alkanes) is 9. The Bertz CT molecular complexity index is 302. The van der Waals surface area contributed by atoms with Crippen LogP contribution in [0.5, 0.6) is 0 Å². The molecule has 0 saturated carbocycles. The summed E-state index contributed by atoms with van der Waals surface area (Å²) in [6, 6.07) is 4.54. The minimum absolute atomic E-state index is 0.837. The number of hydrogen-bond acceptors (Lipinski definition) is 1. The predicted molar refractivity (Wildman–Crippen MR) is 98.4 cm³/mol. The SMILES string of the molecule is CCCCCCCCCCCCC(CCC)c1cccs1. The Morgan fingerprint density at radius 2 is 1.38 bits per heavy atom. The fourth-order valence-corrected chi connectivity index (χ4v) is 4.08. The van der Waals surface area contributed by atoms with Crippen molar-refractivity contribution in [2.75, 3.05) is 0 Å². The summed E-state index contributed by atoms with van der Waals surface area (Å²) in [5, 5.41) is 2.23. The zero-order valence-corrected chi connectivity index (χ0v) is 15.2. The van der Waals surface area contributed by atoms with Crippen LogP contribution in [0.4, 0.5) is 0 Å². The summed E-state index contributed by atoms with van der Waals surface area (Å²) in [7, 11) is 0. The molecule has 1 unspecified atom stereocenters. The molecule has 1 heterocycles. The van der Waals surface area contributed by atoms with Crippen molar-refractivity contribution in [1.29, 1.82) is 0 Å². The van der Waals surface area contributed by atoms with E-state index in [0.717, 1.165) is 5.92 Å². The van der Waals surface area contributed by atoms with Crippen LogP contribution < -0.4 is 0 Å². The highest BCUT2D eigenvalue weighted by Crippen LogP contribution is 2.30. The van der Waals surface area contributed by atoms with Gasteiger partial charge in [0.15, 0.2) is 0 Å². The molecule has 0 amide bonds. The second kappa shape index (κ2) is 13.4. The molecule has 0 N–H and O–H groups in total. The molecule has 0 spiro atoms.